The molecule has 0 radical (unpaired) electrons. The third-order valence-electron chi connectivity index (χ3n) is 11.6. The first-order valence-electron chi connectivity index (χ1n) is 14.4. The molecule has 206 valence electrons. The molecule has 0 bridgehead atoms. The van der Waals surface area contributed by atoms with E-state index in [4.69, 9.17) is 4.74 Å². The fraction of sp³-hybridized carbons (Fsp3) is 0.800. The minimum atomic E-state index is -0.400. The van der Waals surface area contributed by atoms with E-state index in [0.29, 0.717) is 47.6 Å². The molecule has 7 nitrogen and oxygen atoms in total. The van der Waals surface area contributed by atoms with Gasteiger partial charge < -0.3 is 25.4 Å². The predicted molar refractivity (Wildman–Crippen MR) is 142 cm³/mol. The number of hydrogen-bond acceptors (Lipinski definition) is 6. The molecule has 0 aromatic carbocycles. The number of carbonyl (C=O) groups is 1. The third kappa shape index (κ3) is 4.59. The van der Waals surface area contributed by atoms with E-state index < -0.39 is 6.10 Å². The van der Waals surface area contributed by atoms with Gasteiger partial charge in [-0.15, -0.1) is 0 Å². The number of rotatable bonds is 6. The van der Waals surface area contributed by atoms with Gasteiger partial charge in [0.2, 0.25) is 11.8 Å². The highest BCUT2D eigenvalue weighted by molar-refractivity contribution is 5.90. The van der Waals surface area contributed by atoms with Gasteiger partial charge in [-0.1, -0.05) is 20.8 Å². The van der Waals surface area contributed by atoms with E-state index in [1.807, 2.05) is 0 Å². The molecule has 11 atom stereocenters. The molecular weight excluding hydrogens is 468 g/mol. The van der Waals surface area contributed by atoms with E-state index in [1.54, 1.807) is 25.4 Å². The zero-order valence-corrected chi connectivity index (χ0v) is 22.9. The molecule has 0 saturated heterocycles. The lowest BCUT2D eigenvalue weighted by Crippen LogP contribution is -2.62. The second-order valence-electron chi connectivity index (χ2n) is 13.2. The normalized spacial score (nSPS) is 43.8. The lowest BCUT2D eigenvalue weighted by Gasteiger charge is -2.63. The maximum atomic E-state index is 12.7. The lowest BCUT2D eigenvalue weighted by atomic mass is 9.43. The lowest BCUT2D eigenvalue weighted by molar-refractivity contribution is -0.207. The molecule has 0 spiro atoms. The van der Waals surface area contributed by atoms with Crippen molar-refractivity contribution in [1.82, 2.24) is 4.98 Å². The van der Waals surface area contributed by atoms with Crippen LogP contribution in [0, 0.1) is 46.3 Å². The Balaban J connectivity index is 1.26. The first-order valence-corrected chi connectivity index (χ1v) is 14.4. The van der Waals surface area contributed by atoms with Gasteiger partial charge in [0.25, 0.3) is 0 Å². The van der Waals surface area contributed by atoms with Crippen LogP contribution in [0.5, 0.6) is 5.88 Å². The summed E-state index contributed by atoms with van der Waals surface area (Å²) in [7, 11) is 1.56. The van der Waals surface area contributed by atoms with E-state index in [9.17, 15) is 20.1 Å². The second kappa shape index (κ2) is 10.1. The summed E-state index contributed by atoms with van der Waals surface area (Å²) < 4.78 is 5.08. The fourth-order valence-corrected chi connectivity index (χ4v) is 9.49. The van der Waals surface area contributed by atoms with Crippen LogP contribution >= 0.6 is 0 Å². The number of anilines is 1. The maximum absolute atomic E-state index is 12.7. The first-order chi connectivity index (χ1) is 17.6. The Labute approximate surface area is 221 Å². The van der Waals surface area contributed by atoms with Crippen molar-refractivity contribution >= 4 is 11.6 Å². The van der Waals surface area contributed by atoms with Gasteiger partial charge in [0.05, 0.1) is 37.3 Å². The highest BCUT2D eigenvalue weighted by Crippen LogP contribution is 2.68. The Hall–Kier alpha value is -1.70. The van der Waals surface area contributed by atoms with Crippen LogP contribution in [-0.2, 0) is 4.79 Å². The van der Waals surface area contributed by atoms with Crippen LogP contribution in [0.4, 0.5) is 5.69 Å². The van der Waals surface area contributed by atoms with Gasteiger partial charge in [-0.2, -0.15) is 0 Å². The molecule has 37 heavy (non-hydrogen) atoms. The van der Waals surface area contributed by atoms with Crippen molar-refractivity contribution in [3.8, 4) is 5.88 Å². The number of aliphatic hydroxyl groups excluding tert-OH is 3. The number of aromatic nitrogens is 1. The zero-order valence-electron chi connectivity index (χ0n) is 22.9. The minimum absolute atomic E-state index is 0.0241. The SMILES string of the molecule is COc1ccc(NC(=O)CC[C@@H](C)[C@H]2CC[C@H]3[C@@H]4[C@H](O)C[C@@H]5C[C@H](O)CC[C@]5(C)[C@H]4C[C@H](O)[C@]23C)cn1. The molecule has 4 N–H and O–H groups in total. The van der Waals surface area contributed by atoms with Crippen LogP contribution in [0.1, 0.15) is 78.6 Å². The molecule has 4 aliphatic carbocycles. The molecular formula is C30H46N2O5. The monoisotopic (exact) mass is 514 g/mol. The number of aliphatic hydroxyl groups is 3. The largest absolute Gasteiger partial charge is 0.481 e. The summed E-state index contributed by atoms with van der Waals surface area (Å²) >= 11 is 0. The average molecular weight is 515 g/mol. The molecule has 1 heterocycles. The Morgan fingerprint density at radius 3 is 2.62 bits per heavy atom. The summed E-state index contributed by atoms with van der Waals surface area (Å²) in [4.78, 5) is 16.8. The topological polar surface area (TPSA) is 112 Å². The molecule has 1 aromatic rings. The van der Waals surface area contributed by atoms with Crippen molar-refractivity contribution < 1.29 is 24.9 Å². The molecule has 5 rings (SSSR count). The van der Waals surface area contributed by atoms with E-state index in [1.165, 1.54) is 0 Å². The molecule has 1 amide bonds. The average Bonchev–Trinajstić information content (AvgIpc) is 3.23. The number of ether oxygens (including phenoxy) is 1. The van der Waals surface area contributed by atoms with Gasteiger partial charge in [-0.3, -0.25) is 4.79 Å². The molecule has 0 aliphatic heterocycles. The molecule has 4 aliphatic rings. The number of hydrogen-bond donors (Lipinski definition) is 4. The van der Waals surface area contributed by atoms with Crippen LogP contribution in [0.25, 0.3) is 0 Å². The summed E-state index contributed by atoms with van der Waals surface area (Å²) in [6.45, 7) is 6.87. The number of methoxy groups -OCH3 is 1. The van der Waals surface area contributed by atoms with Crippen LogP contribution in [0.2, 0.25) is 0 Å². The number of amides is 1. The molecule has 7 heteroatoms. The van der Waals surface area contributed by atoms with E-state index >= 15 is 0 Å². The maximum Gasteiger partial charge on any atom is 0.224 e. The number of nitrogens with zero attached hydrogens (tertiary/aromatic N) is 1. The molecule has 1 aromatic heterocycles. The highest BCUT2D eigenvalue weighted by Gasteiger charge is 2.65. The van der Waals surface area contributed by atoms with Gasteiger partial charge in [0.1, 0.15) is 0 Å². The number of nitrogens with one attached hydrogen (secondary N) is 1. The van der Waals surface area contributed by atoms with Crippen molar-refractivity contribution in [3.63, 3.8) is 0 Å². The third-order valence-corrected chi connectivity index (χ3v) is 11.6. The van der Waals surface area contributed by atoms with Gasteiger partial charge in [0.15, 0.2) is 0 Å². The van der Waals surface area contributed by atoms with Crippen LogP contribution < -0.4 is 10.1 Å². The van der Waals surface area contributed by atoms with Crippen molar-refractivity contribution in [2.45, 2.75) is 96.9 Å². The van der Waals surface area contributed by atoms with Crippen LogP contribution in [0.3, 0.4) is 0 Å². The summed E-state index contributed by atoms with van der Waals surface area (Å²) in [6, 6.07) is 3.52. The van der Waals surface area contributed by atoms with E-state index in [-0.39, 0.29) is 34.9 Å². The van der Waals surface area contributed by atoms with E-state index in [2.05, 4.69) is 31.1 Å². The summed E-state index contributed by atoms with van der Waals surface area (Å²) in [5, 5.41) is 36.4. The van der Waals surface area contributed by atoms with Gasteiger partial charge >= 0.3 is 0 Å². The van der Waals surface area contributed by atoms with Crippen molar-refractivity contribution in [3.05, 3.63) is 18.3 Å². The van der Waals surface area contributed by atoms with Crippen LogP contribution in [-0.4, -0.2) is 51.6 Å². The number of fused-ring (bicyclic) bond motifs is 5. The highest BCUT2D eigenvalue weighted by atomic mass is 16.5. The summed E-state index contributed by atoms with van der Waals surface area (Å²) in [5.74, 6) is 2.27. The second-order valence-corrected chi connectivity index (χ2v) is 13.2. The smallest absolute Gasteiger partial charge is 0.224 e. The number of carbonyl (C=O) groups excluding carboxylic acids is 1. The molecule has 0 unspecified atom stereocenters. The predicted octanol–water partition coefficient (Wildman–Crippen LogP) is 4.41. The zero-order chi connectivity index (χ0) is 26.5. The Morgan fingerprint density at radius 1 is 1.14 bits per heavy atom. The van der Waals surface area contributed by atoms with Gasteiger partial charge in [-0.25, -0.2) is 4.98 Å². The summed E-state index contributed by atoms with van der Waals surface area (Å²) in [5.41, 5.74) is 0.507. The minimum Gasteiger partial charge on any atom is -0.481 e. The molecule has 4 saturated carbocycles. The quantitative estimate of drug-likeness (QED) is 0.448. The Kier molecular flexibility index (Phi) is 7.36. The Bertz CT molecular complexity index is 971. The first kappa shape index (κ1) is 26.9. The fourth-order valence-electron chi connectivity index (χ4n) is 9.49. The molecule has 4 fully saturated rings. The standard InChI is InChI=1S/C30H46N2O5/c1-17(5-9-26(36)32-19-6-10-27(37-4)31-16-19)21-7-8-22-28-23(15-25(35)30(21,22)3)29(2)12-11-20(33)13-18(29)14-24(28)34/h6,10,16-18,20-25,28,33-35H,5,7-9,11-15H2,1-4H3,(H,32,36)/t17-,18+,20-,21-,22+,23+,24-,25+,28+,29+,30-/m1/s1. The number of pyridine rings is 1. The summed E-state index contributed by atoms with van der Waals surface area (Å²) in [6.07, 6.45) is 7.98. The van der Waals surface area contributed by atoms with Crippen molar-refractivity contribution in [1.29, 1.82) is 0 Å². The Morgan fingerprint density at radius 2 is 1.92 bits per heavy atom. The van der Waals surface area contributed by atoms with Crippen molar-refractivity contribution in [2.75, 3.05) is 12.4 Å². The van der Waals surface area contributed by atoms with Crippen molar-refractivity contribution in [2.24, 2.45) is 46.3 Å². The van der Waals surface area contributed by atoms with E-state index in [0.717, 1.165) is 51.4 Å². The van der Waals surface area contributed by atoms with Gasteiger partial charge in [0, 0.05) is 12.5 Å². The van der Waals surface area contributed by atoms with Gasteiger partial charge in [-0.05, 0) is 104 Å². The van der Waals surface area contributed by atoms with Crippen LogP contribution in [0.15, 0.2) is 18.3 Å².